The van der Waals surface area contributed by atoms with E-state index in [9.17, 15) is 14.4 Å². The topological polar surface area (TPSA) is 78.9 Å². The third-order valence-electron chi connectivity index (χ3n) is 12.4. The van der Waals surface area contributed by atoms with Crippen molar-refractivity contribution in [1.29, 1.82) is 0 Å². The number of carbonyl (C=O) groups is 3. The minimum Gasteiger partial charge on any atom is -0.462 e. The Kier molecular flexibility index (Phi) is 46.2. The second-order valence-electron chi connectivity index (χ2n) is 18.4. The lowest BCUT2D eigenvalue weighted by molar-refractivity contribution is -0.167. The lowest BCUT2D eigenvalue weighted by Gasteiger charge is -2.18. The zero-order chi connectivity index (χ0) is 43.1. The van der Waals surface area contributed by atoms with E-state index in [1.54, 1.807) is 0 Å². The molecule has 0 aromatic carbocycles. The van der Waals surface area contributed by atoms with Gasteiger partial charge in [0.05, 0.1) is 0 Å². The van der Waals surface area contributed by atoms with Gasteiger partial charge >= 0.3 is 17.9 Å². The highest BCUT2D eigenvalue weighted by molar-refractivity contribution is 5.71. The van der Waals surface area contributed by atoms with Gasteiger partial charge in [0, 0.05) is 19.3 Å². The lowest BCUT2D eigenvalue weighted by Crippen LogP contribution is -2.30. The van der Waals surface area contributed by atoms with Crippen LogP contribution in [-0.2, 0) is 28.6 Å². The number of unbranched alkanes of at least 4 members (excludes halogenated alkanes) is 34. The minimum atomic E-state index is -0.761. The first-order chi connectivity index (χ1) is 28.9. The average Bonchev–Trinajstić information content (AvgIpc) is 3.23. The number of esters is 3. The van der Waals surface area contributed by atoms with Crippen molar-refractivity contribution in [3.05, 3.63) is 0 Å². The van der Waals surface area contributed by atoms with Crippen LogP contribution in [0, 0.1) is 5.92 Å². The van der Waals surface area contributed by atoms with E-state index in [0.29, 0.717) is 19.3 Å². The zero-order valence-corrected chi connectivity index (χ0v) is 40.2. The molecule has 0 N–H and O–H groups in total. The van der Waals surface area contributed by atoms with Gasteiger partial charge in [0.1, 0.15) is 13.2 Å². The van der Waals surface area contributed by atoms with Gasteiger partial charge in [-0.2, -0.15) is 0 Å². The molecule has 0 aliphatic carbocycles. The highest BCUT2D eigenvalue weighted by Crippen LogP contribution is 2.18. The summed E-state index contributed by atoms with van der Waals surface area (Å²) in [5.41, 5.74) is 0. The molecule has 0 aromatic heterocycles. The summed E-state index contributed by atoms with van der Waals surface area (Å²) in [7, 11) is 0. The van der Waals surface area contributed by atoms with Crippen molar-refractivity contribution >= 4 is 17.9 Å². The molecule has 0 aliphatic rings. The fraction of sp³-hybridized carbons (Fsp3) is 0.943. The van der Waals surface area contributed by atoms with Crippen LogP contribution in [0.5, 0.6) is 0 Å². The SMILES string of the molecule is CCCCCCCCCCCCCCCCCCC(=O)O[C@H](COC(=O)CCCCCCCCCCCCCCC)COC(=O)CCCCCCCCCCC(C)CC. The normalized spacial score (nSPS) is 12.4. The Morgan fingerprint density at radius 3 is 0.881 bits per heavy atom. The first kappa shape index (κ1) is 57.4. The molecular formula is C53H102O6. The molecule has 0 bridgehead atoms. The van der Waals surface area contributed by atoms with Crippen molar-refractivity contribution in [1.82, 2.24) is 0 Å². The first-order valence-corrected chi connectivity index (χ1v) is 26.4. The Hall–Kier alpha value is -1.59. The molecule has 0 rings (SSSR count). The highest BCUT2D eigenvalue weighted by atomic mass is 16.6. The molecule has 2 atom stereocenters. The van der Waals surface area contributed by atoms with Gasteiger partial charge in [0.15, 0.2) is 6.10 Å². The van der Waals surface area contributed by atoms with Crippen LogP contribution in [0.25, 0.3) is 0 Å². The number of rotatable bonds is 48. The van der Waals surface area contributed by atoms with E-state index < -0.39 is 6.10 Å². The third kappa shape index (κ3) is 45.8. The summed E-state index contributed by atoms with van der Waals surface area (Å²) in [5, 5.41) is 0. The van der Waals surface area contributed by atoms with E-state index >= 15 is 0 Å². The minimum absolute atomic E-state index is 0.0629. The molecular weight excluding hydrogens is 733 g/mol. The van der Waals surface area contributed by atoms with Crippen molar-refractivity contribution in [2.45, 2.75) is 303 Å². The third-order valence-corrected chi connectivity index (χ3v) is 12.4. The molecule has 0 radical (unpaired) electrons. The van der Waals surface area contributed by atoms with Crippen LogP contribution < -0.4 is 0 Å². The number of carbonyl (C=O) groups excluding carboxylic acids is 3. The maximum atomic E-state index is 12.8. The molecule has 1 unspecified atom stereocenters. The van der Waals surface area contributed by atoms with E-state index in [4.69, 9.17) is 14.2 Å². The number of ether oxygens (including phenoxy) is 3. The molecule has 0 aliphatic heterocycles. The van der Waals surface area contributed by atoms with E-state index in [1.807, 2.05) is 0 Å². The molecule has 6 heteroatoms. The number of hydrogen-bond donors (Lipinski definition) is 0. The van der Waals surface area contributed by atoms with Crippen molar-refractivity contribution < 1.29 is 28.6 Å². The molecule has 0 fully saturated rings. The fourth-order valence-corrected chi connectivity index (χ4v) is 8.01. The van der Waals surface area contributed by atoms with Crippen LogP contribution in [0.4, 0.5) is 0 Å². The van der Waals surface area contributed by atoms with Crippen LogP contribution in [-0.4, -0.2) is 37.2 Å². The van der Waals surface area contributed by atoms with Crippen molar-refractivity contribution in [3.8, 4) is 0 Å². The molecule has 6 nitrogen and oxygen atoms in total. The highest BCUT2D eigenvalue weighted by Gasteiger charge is 2.19. The molecule has 0 heterocycles. The molecule has 0 aromatic rings. The molecule has 0 amide bonds. The van der Waals surface area contributed by atoms with Crippen LogP contribution in [0.1, 0.15) is 297 Å². The Labute approximate surface area is 368 Å². The van der Waals surface area contributed by atoms with Gasteiger partial charge in [-0.3, -0.25) is 14.4 Å². The van der Waals surface area contributed by atoms with Crippen molar-refractivity contribution in [2.24, 2.45) is 5.92 Å². The molecule has 0 saturated heterocycles. The fourth-order valence-electron chi connectivity index (χ4n) is 8.01. The summed E-state index contributed by atoms with van der Waals surface area (Å²) in [6, 6.07) is 0. The summed E-state index contributed by atoms with van der Waals surface area (Å²) in [4.78, 5) is 38.0. The molecule has 350 valence electrons. The van der Waals surface area contributed by atoms with Crippen LogP contribution in [0.2, 0.25) is 0 Å². The smallest absolute Gasteiger partial charge is 0.306 e. The monoisotopic (exact) mass is 835 g/mol. The Morgan fingerprint density at radius 2 is 0.593 bits per heavy atom. The standard InChI is InChI=1S/C53H102O6/c1-5-8-10-12-14-16-18-20-21-22-24-26-28-34-38-42-46-53(56)59-50(48-58-52(55)45-41-37-33-30-29-31-35-39-43-49(4)7-3)47-57-51(54)44-40-36-32-27-25-23-19-17-15-13-11-9-6-2/h49-50H,5-48H2,1-4H3/t49?,50-/m1/s1. The molecule has 0 spiro atoms. The van der Waals surface area contributed by atoms with Gasteiger partial charge in [-0.1, -0.05) is 259 Å². The van der Waals surface area contributed by atoms with Crippen LogP contribution in [0.15, 0.2) is 0 Å². The summed E-state index contributed by atoms with van der Waals surface area (Å²) in [5.74, 6) is 0.00392. The molecule has 0 saturated carbocycles. The summed E-state index contributed by atoms with van der Waals surface area (Å²) in [6.45, 7) is 9.04. The number of hydrogen-bond acceptors (Lipinski definition) is 6. The van der Waals surface area contributed by atoms with E-state index in [-0.39, 0.29) is 31.1 Å². The van der Waals surface area contributed by atoms with Gasteiger partial charge in [-0.15, -0.1) is 0 Å². The Balaban J connectivity index is 4.31. The van der Waals surface area contributed by atoms with Gasteiger partial charge in [0.25, 0.3) is 0 Å². The Bertz CT molecular complexity index is 889. The summed E-state index contributed by atoms with van der Waals surface area (Å²) < 4.78 is 16.8. The second kappa shape index (κ2) is 47.5. The second-order valence-corrected chi connectivity index (χ2v) is 18.4. The zero-order valence-electron chi connectivity index (χ0n) is 40.2. The quantitative estimate of drug-likeness (QED) is 0.0345. The maximum absolute atomic E-state index is 12.8. The van der Waals surface area contributed by atoms with Crippen molar-refractivity contribution in [2.75, 3.05) is 13.2 Å². The van der Waals surface area contributed by atoms with Gasteiger partial charge in [-0.05, 0) is 25.2 Å². The predicted molar refractivity (Wildman–Crippen MR) is 252 cm³/mol. The van der Waals surface area contributed by atoms with E-state index in [1.165, 1.54) is 193 Å². The van der Waals surface area contributed by atoms with Crippen LogP contribution >= 0.6 is 0 Å². The van der Waals surface area contributed by atoms with E-state index in [2.05, 4.69) is 27.7 Å². The summed E-state index contributed by atoms with van der Waals surface area (Å²) >= 11 is 0. The average molecular weight is 835 g/mol. The maximum Gasteiger partial charge on any atom is 0.306 e. The first-order valence-electron chi connectivity index (χ1n) is 26.4. The van der Waals surface area contributed by atoms with Gasteiger partial charge in [-0.25, -0.2) is 0 Å². The lowest BCUT2D eigenvalue weighted by atomic mass is 9.99. The van der Waals surface area contributed by atoms with Crippen molar-refractivity contribution in [3.63, 3.8) is 0 Å². The van der Waals surface area contributed by atoms with Gasteiger partial charge in [0.2, 0.25) is 0 Å². The largest absolute Gasteiger partial charge is 0.462 e. The van der Waals surface area contributed by atoms with Gasteiger partial charge < -0.3 is 14.2 Å². The molecule has 59 heavy (non-hydrogen) atoms. The predicted octanol–water partition coefficient (Wildman–Crippen LogP) is 17.1. The Morgan fingerprint density at radius 1 is 0.339 bits per heavy atom. The van der Waals surface area contributed by atoms with E-state index in [0.717, 1.165) is 63.7 Å². The van der Waals surface area contributed by atoms with Crippen LogP contribution in [0.3, 0.4) is 0 Å². The summed E-state index contributed by atoms with van der Waals surface area (Å²) in [6.07, 6.45) is 49.4.